The first kappa shape index (κ1) is 10.7. The van der Waals surface area contributed by atoms with Gasteiger partial charge in [-0.15, -0.1) is 0 Å². The molecule has 1 fully saturated rings. The molecule has 0 radical (unpaired) electrons. The SMILES string of the molecule is CCN1C(=O)C2(OCCCO2)c2ccccc21. The van der Waals surface area contributed by atoms with Crippen LogP contribution in [0.4, 0.5) is 5.69 Å². The Bertz CT molecular complexity index is 452. The van der Waals surface area contributed by atoms with Gasteiger partial charge in [-0.05, 0) is 19.4 Å². The van der Waals surface area contributed by atoms with Crippen molar-refractivity contribution in [2.75, 3.05) is 24.7 Å². The van der Waals surface area contributed by atoms with Gasteiger partial charge in [0.05, 0.1) is 18.9 Å². The number of hydrogen-bond acceptors (Lipinski definition) is 3. The van der Waals surface area contributed by atoms with Crippen LogP contribution in [-0.2, 0) is 20.1 Å². The van der Waals surface area contributed by atoms with E-state index >= 15 is 0 Å². The van der Waals surface area contributed by atoms with E-state index in [4.69, 9.17) is 9.47 Å². The van der Waals surface area contributed by atoms with Crippen LogP contribution in [0.15, 0.2) is 24.3 Å². The van der Waals surface area contributed by atoms with E-state index in [9.17, 15) is 4.79 Å². The first-order valence-corrected chi connectivity index (χ1v) is 5.99. The Morgan fingerprint density at radius 2 is 2.00 bits per heavy atom. The Morgan fingerprint density at radius 1 is 1.29 bits per heavy atom. The highest BCUT2D eigenvalue weighted by atomic mass is 16.7. The summed E-state index contributed by atoms with van der Waals surface area (Å²) in [5.41, 5.74) is 1.74. The molecule has 1 saturated heterocycles. The smallest absolute Gasteiger partial charge is 0.292 e. The van der Waals surface area contributed by atoms with E-state index in [0.717, 1.165) is 17.7 Å². The molecule has 2 aliphatic heterocycles. The fourth-order valence-corrected chi connectivity index (χ4v) is 2.51. The second kappa shape index (κ2) is 3.82. The largest absolute Gasteiger partial charge is 0.338 e. The van der Waals surface area contributed by atoms with E-state index in [1.165, 1.54) is 0 Å². The van der Waals surface area contributed by atoms with Gasteiger partial charge in [-0.2, -0.15) is 0 Å². The molecule has 1 spiro atoms. The number of ether oxygens (including phenoxy) is 2. The zero-order valence-corrected chi connectivity index (χ0v) is 9.81. The maximum Gasteiger partial charge on any atom is 0.292 e. The maximum atomic E-state index is 12.4. The van der Waals surface area contributed by atoms with Crippen molar-refractivity contribution in [2.45, 2.75) is 19.1 Å². The average molecular weight is 233 g/mol. The van der Waals surface area contributed by atoms with Gasteiger partial charge in [0.25, 0.3) is 11.7 Å². The zero-order chi connectivity index (χ0) is 11.9. The molecule has 17 heavy (non-hydrogen) atoms. The van der Waals surface area contributed by atoms with Gasteiger partial charge in [0.2, 0.25) is 0 Å². The van der Waals surface area contributed by atoms with Gasteiger partial charge in [0, 0.05) is 12.1 Å². The van der Waals surface area contributed by atoms with Gasteiger partial charge in [-0.25, -0.2) is 0 Å². The van der Waals surface area contributed by atoms with Gasteiger partial charge in [-0.1, -0.05) is 18.2 Å². The second-order valence-electron chi connectivity index (χ2n) is 4.23. The normalized spacial score (nSPS) is 21.9. The van der Waals surface area contributed by atoms with Crippen LogP contribution in [0.2, 0.25) is 0 Å². The van der Waals surface area contributed by atoms with Gasteiger partial charge >= 0.3 is 0 Å². The highest BCUT2D eigenvalue weighted by molar-refractivity contribution is 6.06. The van der Waals surface area contributed by atoms with Crippen LogP contribution in [-0.4, -0.2) is 25.7 Å². The molecule has 0 unspecified atom stereocenters. The number of para-hydroxylation sites is 1. The standard InChI is InChI=1S/C13H15NO3/c1-2-14-11-7-4-3-6-10(11)13(12(14)15)16-8-5-9-17-13/h3-4,6-7H,2,5,8-9H2,1H3. The van der Waals surface area contributed by atoms with Crippen molar-refractivity contribution in [3.63, 3.8) is 0 Å². The summed E-state index contributed by atoms with van der Waals surface area (Å²) in [4.78, 5) is 14.2. The quantitative estimate of drug-likeness (QED) is 0.740. The molecule has 0 aliphatic carbocycles. The molecule has 2 heterocycles. The van der Waals surface area contributed by atoms with E-state index < -0.39 is 5.79 Å². The first-order chi connectivity index (χ1) is 8.29. The van der Waals surface area contributed by atoms with Crippen LogP contribution >= 0.6 is 0 Å². The number of hydrogen-bond donors (Lipinski definition) is 0. The molecular weight excluding hydrogens is 218 g/mol. The van der Waals surface area contributed by atoms with Crippen LogP contribution in [0.1, 0.15) is 18.9 Å². The van der Waals surface area contributed by atoms with E-state index in [-0.39, 0.29) is 5.91 Å². The van der Waals surface area contributed by atoms with E-state index in [1.54, 1.807) is 4.90 Å². The molecule has 1 aromatic rings. The molecule has 90 valence electrons. The van der Waals surface area contributed by atoms with Crippen molar-refractivity contribution in [1.29, 1.82) is 0 Å². The summed E-state index contributed by atoms with van der Waals surface area (Å²) in [6.45, 7) is 3.72. The van der Waals surface area contributed by atoms with Crippen LogP contribution in [0.5, 0.6) is 0 Å². The first-order valence-electron chi connectivity index (χ1n) is 5.99. The molecule has 2 aliphatic rings. The molecular formula is C13H15NO3. The number of amides is 1. The molecule has 4 heteroatoms. The van der Waals surface area contributed by atoms with Gasteiger partial charge < -0.3 is 14.4 Å². The summed E-state index contributed by atoms with van der Waals surface area (Å²) in [7, 11) is 0. The molecule has 1 aromatic carbocycles. The molecule has 4 nitrogen and oxygen atoms in total. The monoisotopic (exact) mass is 233 g/mol. The summed E-state index contributed by atoms with van der Waals surface area (Å²) >= 11 is 0. The lowest BCUT2D eigenvalue weighted by atomic mass is 10.1. The van der Waals surface area contributed by atoms with Crippen molar-refractivity contribution >= 4 is 11.6 Å². The lowest BCUT2D eigenvalue weighted by Crippen LogP contribution is -2.47. The van der Waals surface area contributed by atoms with Crippen LogP contribution < -0.4 is 4.90 Å². The summed E-state index contributed by atoms with van der Waals surface area (Å²) in [6.07, 6.45) is 0.837. The lowest BCUT2D eigenvalue weighted by Gasteiger charge is -2.32. The number of fused-ring (bicyclic) bond motifs is 2. The Balaban J connectivity index is 2.14. The second-order valence-corrected chi connectivity index (χ2v) is 4.23. The Labute approximate surface area is 100 Å². The van der Waals surface area contributed by atoms with Crippen LogP contribution in [0.3, 0.4) is 0 Å². The molecule has 0 aromatic heterocycles. The Kier molecular flexibility index (Phi) is 2.42. The maximum absolute atomic E-state index is 12.4. The molecule has 1 amide bonds. The number of benzene rings is 1. The van der Waals surface area contributed by atoms with E-state index in [0.29, 0.717) is 19.8 Å². The highest BCUT2D eigenvalue weighted by Crippen LogP contribution is 2.44. The molecule has 0 bridgehead atoms. The summed E-state index contributed by atoms with van der Waals surface area (Å²) < 4.78 is 11.4. The van der Waals surface area contributed by atoms with Gasteiger partial charge in [0.1, 0.15) is 0 Å². The van der Waals surface area contributed by atoms with Crippen molar-refractivity contribution in [3.05, 3.63) is 29.8 Å². The summed E-state index contributed by atoms with van der Waals surface area (Å²) in [5, 5.41) is 0. The molecule has 3 rings (SSSR count). The fourth-order valence-electron chi connectivity index (χ4n) is 2.51. The minimum Gasteiger partial charge on any atom is -0.338 e. The van der Waals surface area contributed by atoms with Crippen molar-refractivity contribution < 1.29 is 14.3 Å². The predicted octanol–water partition coefficient (Wildman–Crippen LogP) is 1.64. The molecule has 0 atom stereocenters. The molecule has 0 saturated carbocycles. The third kappa shape index (κ3) is 1.34. The molecule has 0 N–H and O–H groups in total. The van der Waals surface area contributed by atoms with E-state index in [1.807, 2.05) is 31.2 Å². The van der Waals surface area contributed by atoms with Crippen molar-refractivity contribution in [2.24, 2.45) is 0 Å². The number of likely N-dealkylation sites (N-methyl/N-ethyl adjacent to an activating group) is 1. The average Bonchev–Trinajstić information content (AvgIpc) is 2.61. The van der Waals surface area contributed by atoms with Crippen molar-refractivity contribution in [1.82, 2.24) is 0 Å². The zero-order valence-electron chi connectivity index (χ0n) is 9.81. The third-order valence-corrected chi connectivity index (χ3v) is 3.29. The minimum atomic E-state index is -1.18. The third-order valence-electron chi connectivity index (χ3n) is 3.29. The number of nitrogens with zero attached hydrogens (tertiary/aromatic N) is 1. The van der Waals surface area contributed by atoms with Crippen LogP contribution in [0, 0.1) is 0 Å². The number of carbonyl (C=O) groups excluding carboxylic acids is 1. The fraction of sp³-hybridized carbons (Fsp3) is 0.462. The van der Waals surface area contributed by atoms with Crippen LogP contribution in [0.25, 0.3) is 0 Å². The minimum absolute atomic E-state index is 0.0964. The number of rotatable bonds is 1. The Morgan fingerprint density at radius 3 is 2.71 bits per heavy atom. The van der Waals surface area contributed by atoms with Gasteiger partial charge in [0.15, 0.2) is 0 Å². The lowest BCUT2D eigenvalue weighted by molar-refractivity contribution is -0.256. The predicted molar refractivity (Wildman–Crippen MR) is 62.7 cm³/mol. The Hall–Kier alpha value is -1.39. The highest BCUT2D eigenvalue weighted by Gasteiger charge is 2.54. The summed E-state index contributed by atoms with van der Waals surface area (Å²) in [5.74, 6) is -1.27. The number of anilines is 1. The number of carbonyl (C=O) groups is 1. The van der Waals surface area contributed by atoms with Gasteiger partial charge in [-0.3, -0.25) is 4.79 Å². The summed E-state index contributed by atoms with van der Waals surface area (Å²) in [6, 6.07) is 7.69. The van der Waals surface area contributed by atoms with Crippen molar-refractivity contribution in [3.8, 4) is 0 Å². The topological polar surface area (TPSA) is 38.8 Å². The van der Waals surface area contributed by atoms with E-state index in [2.05, 4.69) is 0 Å².